The molecule has 0 aliphatic carbocycles. The smallest absolute Gasteiger partial charge is 0.240 e. The number of nitrogens with one attached hydrogen (secondary N) is 3. The Labute approximate surface area is 152 Å². The first-order valence-electron chi connectivity index (χ1n) is 7.23. The first-order valence-corrected chi connectivity index (χ1v) is 9.12. The molecule has 0 atom stereocenters. The van der Waals surface area contributed by atoms with Crippen molar-refractivity contribution in [2.24, 2.45) is 0 Å². The average Bonchev–Trinajstić information content (AvgIpc) is 2.62. The molecule has 0 spiro atoms. The van der Waals surface area contributed by atoms with Gasteiger partial charge in [-0.15, -0.1) is 0 Å². The lowest BCUT2D eigenvalue weighted by atomic mass is 10.2. The average molecular weight is 381 g/mol. The molecule has 3 N–H and O–H groups in total. The topological polar surface area (TPSA) is 88.7 Å². The number of anilines is 2. The fraction of sp³-hybridized carbons (Fsp3) is 0.188. The number of methoxy groups -OCH3 is 2. The van der Waals surface area contributed by atoms with Crippen molar-refractivity contribution in [2.45, 2.75) is 4.90 Å². The molecule has 0 amide bonds. The Hall–Kier alpha value is -2.36. The molecule has 0 aliphatic rings. The molecule has 134 valence electrons. The van der Waals surface area contributed by atoms with Gasteiger partial charge in [0.1, 0.15) is 11.5 Å². The molecular formula is C16H19N3O4S2. The van der Waals surface area contributed by atoms with Crippen LogP contribution in [0, 0.1) is 0 Å². The van der Waals surface area contributed by atoms with E-state index in [1.54, 1.807) is 44.6 Å². The van der Waals surface area contributed by atoms with Crippen LogP contribution in [0.2, 0.25) is 0 Å². The van der Waals surface area contributed by atoms with Crippen molar-refractivity contribution >= 4 is 38.7 Å². The van der Waals surface area contributed by atoms with Crippen molar-refractivity contribution in [3.8, 4) is 11.5 Å². The summed E-state index contributed by atoms with van der Waals surface area (Å²) in [6.07, 6.45) is 0. The van der Waals surface area contributed by atoms with E-state index < -0.39 is 10.0 Å². The molecule has 0 unspecified atom stereocenters. The van der Waals surface area contributed by atoms with Crippen LogP contribution in [0.5, 0.6) is 11.5 Å². The van der Waals surface area contributed by atoms with Crippen LogP contribution in [0.4, 0.5) is 11.4 Å². The number of hydrogen-bond donors (Lipinski definition) is 3. The fourth-order valence-electron chi connectivity index (χ4n) is 2.03. The van der Waals surface area contributed by atoms with Gasteiger partial charge in [-0.25, -0.2) is 13.1 Å². The second-order valence-corrected chi connectivity index (χ2v) is 7.17. The van der Waals surface area contributed by atoms with Gasteiger partial charge in [-0.2, -0.15) is 0 Å². The highest BCUT2D eigenvalue weighted by Gasteiger charge is 2.11. The molecule has 0 bridgehead atoms. The molecule has 0 saturated carbocycles. The maximum Gasteiger partial charge on any atom is 0.240 e. The van der Waals surface area contributed by atoms with Gasteiger partial charge in [-0.05, 0) is 55.7 Å². The highest BCUT2D eigenvalue weighted by Crippen LogP contribution is 2.29. The van der Waals surface area contributed by atoms with Gasteiger partial charge >= 0.3 is 0 Å². The van der Waals surface area contributed by atoms with Gasteiger partial charge in [0.2, 0.25) is 10.0 Å². The highest BCUT2D eigenvalue weighted by atomic mass is 32.2. The molecule has 25 heavy (non-hydrogen) atoms. The zero-order valence-electron chi connectivity index (χ0n) is 14.0. The zero-order valence-corrected chi connectivity index (χ0v) is 15.6. The maximum atomic E-state index is 11.7. The Balaban J connectivity index is 2.10. The van der Waals surface area contributed by atoms with E-state index in [1.807, 2.05) is 0 Å². The quantitative estimate of drug-likeness (QED) is 0.662. The van der Waals surface area contributed by atoms with Crippen LogP contribution in [-0.4, -0.2) is 34.8 Å². The summed E-state index contributed by atoms with van der Waals surface area (Å²) in [6.45, 7) is 0. The third kappa shape index (κ3) is 4.81. The first kappa shape index (κ1) is 19.0. The van der Waals surface area contributed by atoms with Gasteiger partial charge in [0.15, 0.2) is 5.11 Å². The van der Waals surface area contributed by atoms with E-state index in [-0.39, 0.29) is 4.90 Å². The molecule has 2 aromatic rings. The number of benzene rings is 2. The van der Waals surface area contributed by atoms with Crippen molar-refractivity contribution in [1.29, 1.82) is 0 Å². The molecule has 0 fully saturated rings. The number of ether oxygens (including phenoxy) is 2. The fourth-order valence-corrected chi connectivity index (χ4v) is 2.99. The van der Waals surface area contributed by atoms with Gasteiger partial charge < -0.3 is 20.1 Å². The van der Waals surface area contributed by atoms with Crippen LogP contribution in [0.25, 0.3) is 0 Å². The Morgan fingerprint density at radius 1 is 1.00 bits per heavy atom. The minimum atomic E-state index is -3.47. The summed E-state index contributed by atoms with van der Waals surface area (Å²) < 4.78 is 36.2. The predicted molar refractivity (Wildman–Crippen MR) is 102 cm³/mol. The summed E-state index contributed by atoms with van der Waals surface area (Å²) in [7, 11) is 1.03. The zero-order chi connectivity index (χ0) is 18.4. The summed E-state index contributed by atoms with van der Waals surface area (Å²) in [5, 5.41) is 6.34. The minimum Gasteiger partial charge on any atom is -0.497 e. The standard InChI is InChI=1S/C16H19N3O4S2/c1-17-25(20,21)13-7-4-11(5-8-13)18-16(24)19-14-10-12(22-2)6-9-15(14)23-3/h4-10,17H,1-3H3,(H2,18,19,24). The van der Waals surface area contributed by atoms with Gasteiger partial charge in [-0.3, -0.25) is 0 Å². The number of rotatable bonds is 6. The van der Waals surface area contributed by atoms with E-state index >= 15 is 0 Å². The van der Waals surface area contributed by atoms with E-state index in [9.17, 15) is 8.42 Å². The van der Waals surface area contributed by atoms with Crippen molar-refractivity contribution in [3.05, 3.63) is 42.5 Å². The van der Waals surface area contributed by atoms with E-state index in [2.05, 4.69) is 15.4 Å². The molecule has 7 nitrogen and oxygen atoms in total. The summed E-state index contributed by atoms with van der Waals surface area (Å²) in [5.41, 5.74) is 1.29. The van der Waals surface area contributed by atoms with Gasteiger partial charge in [-0.1, -0.05) is 0 Å². The molecule has 9 heteroatoms. The molecule has 0 saturated heterocycles. The van der Waals surface area contributed by atoms with Crippen molar-refractivity contribution in [1.82, 2.24) is 4.72 Å². The van der Waals surface area contributed by atoms with E-state index in [1.165, 1.54) is 19.2 Å². The summed E-state index contributed by atoms with van der Waals surface area (Å²) >= 11 is 5.29. The molecule has 0 heterocycles. The molecular weight excluding hydrogens is 362 g/mol. The van der Waals surface area contributed by atoms with Crippen LogP contribution in [0.1, 0.15) is 0 Å². The summed E-state index contributed by atoms with van der Waals surface area (Å²) in [5.74, 6) is 1.27. The second kappa shape index (κ2) is 8.15. The van der Waals surface area contributed by atoms with Gasteiger partial charge in [0.05, 0.1) is 24.8 Å². The lowest BCUT2D eigenvalue weighted by molar-refractivity contribution is 0.405. The van der Waals surface area contributed by atoms with Gasteiger partial charge in [0, 0.05) is 11.8 Å². The van der Waals surface area contributed by atoms with Crippen LogP contribution in [0.3, 0.4) is 0 Å². The van der Waals surface area contributed by atoms with Crippen molar-refractivity contribution in [2.75, 3.05) is 31.9 Å². The summed E-state index contributed by atoms with van der Waals surface area (Å²) in [4.78, 5) is 0.175. The van der Waals surface area contributed by atoms with Crippen molar-refractivity contribution in [3.63, 3.8) is 0 Å². The predicted octanol–water partition coefficient (Wildman–Crippen LogP) is 2.42. The van der Waals surface area contributed by atoms with Crippen LogP contribution in [0.15, 0.2) is 47.4 Å². The maximum absolute atomic E-state index is 11.7. The molecule has 2 aromatic carbocycles. The number of hydrogen-bond acceptors (Lipinski definition) is 5. The van der Waals surface area contributed by atoms with E-state index in [0.29, 0.717) is 28.0 Å². The molecule has 0 radical (unpaired) electrons. The minimum absolute atomic E-state index is 0.175. The normalized spacial score (nSPS) is 10.8. The molecule has 2 rings (SSSR count). The Bertz CT molecular complexity index is 852. The summed E-state index contributed by atoms with van der Waals surface area (Å²) in [6, 6.07) is 11.5. The van der Waals surface area contributed by atoms with Crippen LogP contribution < -0.4 is 24.8 Å². The monoisotopic (exact) mass is 381 g/mol. The van der Waals surface area contributed by atoms with E-state index in [4.69, 9.17) is 21.7 Å². The Morgan fingerprint density at radius 2 is 1.68 bits per heavy atom. The SMILES string of the molecule is CNS(=O)(=O)c1ccc(NC(=S)Nc2cc(OC)ccc2OC)cc1. The number of sulfonamides is 1. The largest absolute Gasteiger partial charge is 0.497 e. The molecule has 0 aliphatic heterocycles. The third-order valence-corrected chi connectivity index (χ3v) is 4.98. The number of thiocarbonyl (C=S) groups is 1. The van der Waals surface area contributed by atoms with Gasteiger partial charge in [0.25, 0.3) is 0 Å². The lowest BCUT2D eigenvalue weighted by Gasteiger charge is -2.14. The molecule has 0 aromatic heterocycles. The third-order valence-electron chi connectivity index (χ3n) is 3.35. The van der Waals surface area contributed by atoms with E-state index in [0.717, 1.165) is 0 Å². The Morgan fingerprint density at radius 3 is 2.24 bits per heavy atom. The highest BCUT2D eigenvalue weighted by molar-refractivity contribution is 7.89. The van der Waals surface area contributed by atoms with Crippen LogP contribution in [-0.2, 0) is 10.0 Å². The first-order chi connectivity index (χ1) is 11.9. The second-order valence-electron chi connectivity index (χ2n) is 4.88. The van der Waals surface area contributed by atoms with Crippen LogP contribution >= 0.6 is 12.2 Å². The van der Waals surface area contributed by atoms with Crippen molar-refractivity contribution < 1.29 is 17.9 Å². The Kier molecular flexibility index (Phi) is 6.18. The lowest BCUT2D eigenvalue weighted by Crippen LogP contribution is -2.20.